The lowest BCUT2D eigenvalue weighted by molar-refractivity contribution is 0.0939. The summed E-state index contributed by atoms with van der Waals surface area (Å²) in [4.78, 5) is 24.7. The molecule has 0 aliphatic carbocycles. The van der Waals surface area contributed by atoms with E-state index < -0.39 is 0 Å². The maximum Gasteiger partial charge on any atom is 0.255 e. The molecule has 0 aliphatic rings. The van der Waals surface area contributed by atoms with Crippen LogP contribution in [0.15, 0.2) is 78.9 Å². The van der Waals surface area contributed by atoms with Gasteiger partial charge in [-0.2, -0.15) is 0 Å². The molecule has 4 nitrogen and oxygen atoms in total. The Bertz CT molecular complexity index is 934. The van der Waals surface area contributed by atoms with Crippen LogP contribution in [0.1, 0.15) is 44.8 Å². The first kappa shape index (κ1) is 18.4. The van der Waals surface area contributed by atoms with Gasteiger partial charge in [-0.05, 0) is 55.8 Å². The zero-order chi connectivity index (χ0) is 19.2. The average molecular weight is 358 g/mol. The third-order valence-corrected chi connectivity index (χ3v) is 4.34. The van der Waals surface area contributed by atoms with Crippen LogP contribution in [0.4, 0.5) is 5.69 Å². The number of amides is 2. The van der Waals surface area contributed by atoms with E-state index in [2.05, 4.69) is 10.6 Å². The zero-order valence-corrected chi connectivity index (χ0v) is 15.4. The number of carbonyl (C=O) groups excluding carboxylic acids is 2. The van der Waals surface area contributed by atoms with Crippen LogP contribution in [0.5, 0.6) is 0 Å². The summed E-state index contributed by atoms with van der Waals surface area (Å²) in [5.41, 5.74) is 3.95. The summed E-state index contributed by atoms with van der Waals surface area (Å²) in [6.07, 6.45) is 0. The number of hydrogen-bond acceptors (Lipinski definition) is 2. The molecule has 0 aromatic heterocycles. The molecule has 27 heavy (non-hydrogen) atoms. The molecule has 0 heterocycles. The fourth-order valence-corrected chi connectivity index (χ4v) is 2.75. The topological polar surface area (TPSA) is 58.2 Å². The summed E-state index contributed by atoms with van der Waals surface area (Å²) >= 11 is 0. The highest BCUT2D eigenvalue weighted by Gasteiger charge is 2.12. The number of anilines is 1. The van der Waals surface area contributed by atoms with Crippen molar-refractivity contribution in [3.05, 3.63) is 101 Å². The van der Waals surface area contributed by atoms with E-state index in [1.165, 1.54) is 0 Å². The van der Waals surface area contributed by atoms with Crippen LogP contribution in [0.25, 0.3) is 0 Å². The molecule has 0 aliphatic heterocycles. The largest absolute Gasteiger partial charge is 0.346 e. The molecule has 1 atom stereocenters. The van der Waals surface area contributed by atoms with Crippen molar-refractivity contribution in [2.24, 2.45) is 0 Å². The third-order valence-electron chi connectivity index (χ3n) is 4.34. The van der Waals surface area contributed by atoms with Gasteiger partial charge in [-0.25, -0.2) is 0 Å². The van der Waals surface area contributed by atoms with E-state index in [0.29, 0.717) is 16.8 Å². The molecule has 4 heteroatoms. The van der Waals surface area contributed by atoms with Crippen LogP contribution in [0.3, 0.4) is 0 Å². The van der Waals surface area contributed by atoms with Crippen molar-refractivity contribution in [1.82, 2.24) is 5.32 Å². The van der Waals surface area contributed by atoms with Crippen molar-refractivity contribution in [3.63, 3.8) is 0 Å². The van der Waals surface area contributed by atoms with Gasteiger partial charge in [0.15, 0.2) is 0 Å². The van der Waals surface area contributed by atoms with E-state index in [1.54, 1.807) is 12.1 Å². The normalized spacial score (nSPS) is 11.5. The van der Waals surface area contributed by atoms with Gasteiger partial charge >= 0.3 is 0 Å². The number of rotatable bonds is 5. The molecule has 0 fully saturated rings. The van der Waals surface area contributed by atoms with Crippen LogP contribution >= 0.6 is 0 Å². The van der Waals surface area contributed by atoms with Gasteiger partial charge in [-0.1, -0.05) is 48.0 Å². The second-order valence-corrected chi connectivity index (χ2v) is 6.51. The second-order valence-electron chi connectivity index (χ2n) is 6.51. The summed E-state index contributed by atoms with van der Waals surface area (Å²) in [6, 6.07) is 23.8. The monoisotopic (exact) mass is 358 g/mol. The number of hydrogen-bond donors (Lipinski definition) is 2. The van der Waals surface area contributed by atoms with Crippen molar-refractivity contribution < 1.29 is 9.59 Å². The van der Waals surface area contributed by atoms with Gasteiger partial charge in [0.1, 0.15) is 0 Å². The maximum atomic E-state index is 12.4. The molecule has 0 spiro atoms. The van der Waals surface area contributed by atoms with Gasteiger partial charge < -0.3 is 10.6 Å². The molecule has 1 unspecified atom stereocenters. The Kier molecular flexibility index (Phi) is 5.67. The maximum absolute atomic E-state index is 12.4. The lowest BCUT2D eigenvalue weighted by Gasteiger charge is -2.16. The van der Waals surface area contributed by atoms with Crippen molar-refractivity contribution >= 4 is 17.5 Å². The second kappa shape index (κ2) is 8.32. The highest BCUT2D eigenvalue weighted by molar-refractivity contribution is 6.04. The van der Waals surface area contributed by atoms with Gasteiger partial charge in [-0.3, -0.25) is 9.59 Å². The number of aryl methyl sites for hydroxylation is 1. The Morgan fingerprint density at radius 3 is 2.15 bits per heavy atom. The molecular weight excluding hydrogens is 336 g/mol. The van der Waals surface area contributed by atoms with Crippen LogP contribution in [0.2, 0.25) is 0 Å². The summed E-state index contributed by atoms with van der Waals surface area (Å²) in [5, 5.41) is 5.89. The van der Waals surface area contributed by atoms with Crippen molar-refractivity contribution in [3.8, 4) is 0 Å². The van der Waals surface area contributed by atoms with Crippen LogP contribution in [-0.2, 0) is 0 Å². The predicted octanol–water partition coefficient (Wildman–Crippen LogP) is 4.74. The summed E-state index contributed by atoms with van der Waals surface area (Å²) in [7, 11) is 0. The van der Waals surface area contributed by atoms with E-state index >= 15 is 0 Å². The smallest absolute Gasteiger partial charge is 0.255 e. The Morgan fingerprint density at radius 2 is 1.44 bits per heavy atom. The molecule has 2 amide bonds. The van der Waals surface area contributed by atoms with Gasteiger partial charge in [0.2, 0.25) is 0 Å². The Balaban J connectivity index is 1.68. The Labute approximate surface area is 159 Å². The Hall–Kier alpha value is -3.40. The fraction of sp³-hybridized carbons (Fsp3) is 0.130. The molecular formula is C23H22N2O2. The third kappa shape index (κ3) is 4.82. The van der Waals surface area contributed by atoms with Crippen LogP contribution in [0, 0.1) is 6.92 Å². The minimum Gasteiger partial charge on any atom is -0.346 e. The van der Waals surface area contributed by atoms with Crippen molar-refractivity contribution in [1.29, 1.82) is 0 Å². The summed E-state index contributed by atoms with van der Waals surface area (Å²) in [6.45, 7) is 3.91. The molecule has 0 saturated carbocycles. The standard InChI is InChI=1S/C23H22N2O2/c1-16-11-13-19(14-12-16)22(26)24-17(2)20-9-6-10-21(15-20)25-23(27)18-7-4-3-5-8-18/h3-15,17H,1-2H3,(H,24,26)(H,25,27). The van der Waals surface area contributed by atoms with Crippen LogP contribution < -0.4 is 10.6 Å². The zero-order valence-electron chi connectivity index (χ0n) is 15.4. The van der Waals surface area contributed by atoms with Gasteiger partial charge in [0.25, 0.3) is 11.8 Å². The molecule has 0 radical (unpaired) electrons. The quantitative estimate of drug-likeness (QED) is 0.692. The van der Waals surface area contributed by atoms with Crippen LogP contribution in [-0.4, -0.2) is 11.8 Å². The molecule has 0 saturated heterocycles. The number of benzene rings is 3. The highest BCUT2D eigenvalue weighted by atomic mass is 16.2. The molecule has 3 aromatic rings. The first-order chi connectivity index (χ1) is 13.0. The fourth-order valence-electron chi connectivity index (χ4n) is 2.75. The van der Waals surface area contributed by atoms with Gasteiger partial charge in [0, 0.05) is 16.8 Å². The SMILES string of the molecule is Cc1ccc(C(=O)NC(C)c2cccc(NC(=O)c3ccccc3)c2)cc1. The minimum atomic E-state index is -0.188. The van der Waals surface area contributed by atoms with E-state index in [0.717, 1.165) is 11.1 Å². The van der Waals surface area contributed by atoms with Crippen molar-refractivity contribution in [2.45, 2.75) is 19.9 Å². The molecule has 2 N–H and O–H groups in total. The molecule has 3 rings (SSSR count). The minimum absolute atomic E-state index is 0.124. The predicted molar refractivity (Wildman–Crippen MR) is 108 cm³/mol. The van der Waals surface area contributed by atoms with E-state index in [4.69, 9.17) is 0 Å². The summed E-state index contributed by atoms with van der Waals surface area (Å²) < 4.78 is 0. The summed E-state index contributed by atoms with van der Waals surface area (Å²) in [5.74, 6) is -0.287. The highest BCUT2D eigenvalue weighted by Crippen LogP contribution is 2.19. The molecule has 136 valence electrons. The molecule has 3 aromatic carbocycles. The molecule has 0 bridgehead atoms. The number of carbonyl (C=O) groups is 2. The van der Waals surface area contributed by atoms with E-state index in [1.807, 2.05) is 80.6 Å². The van der Waals surface area contributed by atoms with Gasteiger partial charge in [0.05, 0.1) is 6.04 Å². The number of nitrogens with one attached hydrogen (secondary N) is 2. The Morgan fingerprint density at radius 1 is 0.778 bits per heavy atom. The lowest BCUT2D eigenvalue weighted by atomic mass is 10.1. The first-order valence-corrected chi connectivity index (χ1v) is 8.87. The average Bonchev–Trinajstić information content (AvgIpc) is 2.69. The van der Waals surface area contributed by atoms with Gasteiger partial charge in [-0.15, -0.1) is 0 Å². The van der Waals surface area contributed by atoms with E-state index in [-0.39, 0.29) is 17.9 Å². The lowest BCUT2D eigenvalue weighted by Crippen LogP contribution is -2.26. The van der Waals surface area contributed by atoms with Crippen molar-refractivity contribution in [2.75, 3.05) is 5.32 Å². The van der Waals surface area contributed by atoms with E-state index in [9.17, 15) is 9.59 Å². The first-order valence-electron chi connectivity index (χ1n) is 8.87.